The predicted octanol–water partition coefficient (Wildman–Crippen LogP) is 1.84. The van der Waals surface area contributed by atoms with Gasteiger partial charge in [-0.1, -0.05) is 13.8 Å². The van der Waals surface area contributed by atoms with Crippen LogP contribution in [0.5, 0.6) is 0 Å². The van der Waals surface area contributed by atoms with Gasteiger partial charge in [0, 0.05) is 18.1 Å². The highest BCUT2D eigenvalue weighted by Crippen LogP contribution is 2.41. The van der Waals surface area contributed by atoms with Gasteiger partial charge in [-0.15, -0.1) is 0 Å². The van der Waals surface area contributed by atoms with E-state index in [9.17, 15) is 8.42 Å². The van der Waals surface area contributed by atoms with Crippen LogP contribution in [0.4, 0.5) is 0 Å². The molecule has 3 unspecified atom stereocenters. The van der Waals surface area contributed by atoms with Crippen LogP contribution in [0.25, 0.3) is 0 Å². The van der Waals surface area contributed by atoms with Gasteiger partial charge >= 0.3 is 0 Å². The quantitative estimate of drug-likeness (QED) is 0.712. The molecule has 0 saturated heterocycles. The van der Waals surface area contributed by atoms with Gasteiger partial charge in [0.2, 0.25) is 0 Å². The van der Waals surface area contributed by atoms with Crippen LogP contribution >= 0.6 is 0 Å². The SMILES string of the molecule is CCCNC(CCCS(C)(=O)=O)C1CC1C. The summed E-state index contributed by atoms with van der Waals surface area (Å²) in [5, 5.41) is 3.55. The first-order chi connectivity index (χ1) is 7.44. The lowest BCUT2D eigenvalue weighted by Crippen LogP contribution is -2.32. The maximum Gasteiger partial charge on any atom is 0.147 e. The predicted molar refractivity (Wildman–Crippen MR) is 68.3 cm³/mol. The van der Waals surface area contributed by atoms with Crippen LogP contribution in [-0.2, 0) is 9.84 Å². The van der Waals surface area contributed by atoms with Gasteiger partial charge in [-0.25, -0.2) is 8.42 Å². The van der Waals surface area contributed by atoms with Crippen molar-refractivity contribution >= 4 is 9.84 Å². The van der Waals surface area contributed by atoms with E-state index < -0.39 is 9.84 Å². The Hall–Kier alpha value is -0.0900. The van der Waals surface area contributed by atoms with E-state index in [-0.39, 0.29) is 0 Å². The molecule has 0 amide bonds. The third-order valence-electron chi connectivity index (χ3n) is 3.38. The van der Waals surface area contributed by atoms with Crippen molar-refractivity contribution in [1.29, 1.82) is 0 Å². The standard InChI is InChI=1S/C12H25NO2S/c1-4-7-13-12(11-9-10(11)2)6-5-8-16(3,14)15/h10-13H,4-9H2,1-3H3. The second-order valence-corrected chi connectivity index (χ2v) is 7.47. The topological polar surface area (TPSA) is 46.2 Å². The van der Waals surface area contributed by atoms with E-state index in [0.717, 1.165) is 37.6 Å². The Balaban J connectivity index is 2.27. The van der Waals surface area contributed by atoms with E-state index in [1.807, 2.05) is 0 Å². The van der Waals surface area contributed by atoms with Crippen molar-refractivity contribution in [3.8, 4) is 0 Å². The zero-order chi connectivity index (χ0) is 12.2. The van der Waals surface area contributed by atoms with Gasteiger partial charge < -0.3 is 5.32 Å². The van der Waals surface area contributed by atoms with E-state index >= 15 is 0 Å². The highest BCUT2D eigenvalue weighted by Gasteiger charge is 2.38. The van der Waals surface area contributed by atoms with Crippen molar-refractivity contribution < 1.29 is 8.42 Å². The fraction of sp³-hybridized carbons (Fsp3) is 1.00. The van der Waals surface area contributed by atoms with Gasteiger partial charge in [0.05, 0.1) is 0 Å². The van der Waals surface area contributed by atoms with Gasteiger partial charge in [0.25, 0.3) is 0 Å². The lowest BCUT2D eigenvalue weighted by atomic mass is 10.1. The van der Waals surface area contributed by atoms with Crippen LogP contribution in [0.3, 0.4) is 0 Å². The summed E-state index contributed by atoms with van der Waals surface area (Å²) in [7, 11) is -2.79. The number of rotatable bonds is 8. The average Bonchev–Trinajstić information content (AvgIpc) is 2.87. The molecule has 4 heteroatoms. The number of hydrogen-bond acceptors (Lipinski definition) is 3. The maximum absolute atomic E-state index is 11.1. The van der Waals surface area contributed by atoms with E-state index in [2.05, 4.69) is 19.2 Å². The van der Waals surface area contributed by atoms with Crippen molar-refractivity contribution in [1.82, 2.24) is 5.32 Å². The van der Waals surface area contributed by atoms with E-state index in [4.69, 9.17) is 0 Å². The van der Waals surface area contributed by atoms with E-state index in [1.165, 1.54) is 12.7 Å². The Bertz CT molecular complexity index is 300. The van der Waals surface area contributed by atoms with Crippen molar-refractivity contribution in [3.05, 3.63) is 0 Å². The number of nitrogens with one attached hydrogen (secondary N) is 1. The Morgan fingerprint density at radius 2 is 2.06 bits per heavy atom. The van der Waals surface area contributed by atoms with Crippen LogP contribution in [0, 0.1) is 11.8 Å². The summed E-state index contributed by atoms with van der Waals surface area (Å²) in [5.74, 6) is 1.94. The third-order valence-corrected chi connectivity index (χ3v) is 4.41. The summed E-state index contributed by atoms with van der Waals surface area (Å²) in [5.41, 5.74) is 0. The second kappa shape index (κ2) is 6.01. The minimum absolute atomic E-state index is 0.332. The monoisotopic (exact) mass is 247 g/mol. The molecule has 1 aliphatic carbocycles. The van der Waals surface area contributed by atoms with Crippen LogP contribution in [0.15, 0.2) is 0 Å². The van der Waals surface area contributed by atoms with Crippen LogP contribution in [0.1, 0.15) is 39.5 Å². The smallest absolute Gasteiger partial charge is 0.147 e. The summed E-state index contributed by atoms with van der Waals surface area (Å²) in [4.78, 5) is 0. The zero-order valence-corrected chi connectivity index (χ0v) is 11.5. The van der Waals surface area contributed by atoms with Crippen molar-refractivity contribution in [2.24, 2.45) is 11.8 Å². The number of hydrogen-bond donors (Lipinski definition) is 1. The number of sulfone groups is 1. The molecule has 0 aromatic rings. The molecule has 1 N–H and O–H groups in total. The fourth-order valence-electron chi connectivity index (χ4n) is 2.27. The molecule has 16 heavy (non-hydrogen) atoms. The first-order valence-corrected chi connectivity index (χ1v) is 8.41. The van der Waals surface area contributed by atoms with Crippen molar-refractivity contribution in [2.45, 2.75) is 45.6 Å². The highest BCUT2D eigenvalue weighted by molar-refractivity contribution is 7.90. The molecule has 0 aromatic heterocycles. The summed E-state index contributed by atoms with van der Waals surface area (Å²) in [6, 6.07) is 0.539. The van der Waals surface area contributed by atoms with Gasteiger partial charge in [0.1, 0.15) is 9.84 Å². The van der Waals surface area contributed by atoms with Gasteiger partial charge in [-0.2, -0.15) is 0 Å². The minimum atomic E-state index is -2.79. The molecule has 0 radical (unpaired) electrons. The van der Waals surface area contributed by atoms with E-state index in [0.29, 0.717) is 11.8 Å². The lowest BCUT2D eigenvalue weighted by molar-refractivity contribution is 0.417. The normalized spacial score (nSPS) is 26.7. The van der Waals surface area contributed by atoms with Crippen molar-refractivity contribution in [2.75, 3.05) is 18.6 Å². The Labute approximate surface area is 99.9 Å². The van der Waals surface area contributed by atoms with Crippen LogP contribution in [-0.4, -0.2) is 33.0 Å². The van der Waals surface area contributed by atoms with Crippen LogP contribution in [0.2, 0.25) is 0 Å². The van der Waals surface area contributed by atoms with E-state index in [1.54, 1.807) is 0 Å². The molecule has 1 aliphatic rings. The highest BCUT2D eigenvalue weighted by atomic mass is 32.2. The lowest BCUT2D eigenvalue weighted by Gasteiger charge is -2.18. The fourth-order valence-corrected chi connectivity index (χ4v) is 2.97. The molecule has 0 spiro atoms. The first-order valence-electron chi connectivity index (χ1n) is 6.35. The Morgan fingerprint density at radius 3 is 2.50 bits per heavy atom. The Morgan fingerprint density at radius 1 is 1.44 bits per heavy atom. The molecule has 3 atom stereocenters. The van der Waals surface area contributed by atoms with Gasteiger partial charge in [-0.3, -0.25) is 0 Å². The molecular weight excluding hydrogens is 222 g/mol. The second-order valence-electron chi connectivity index (χ2n) is 5.21. The largest absolute Gasteiger partial charge is 0.314 e. The molecular formula is C12H25NO2S. The summed E-state index contributed by atoms with van der Waals surface area (Å²) in [6.07, 6.45) is 5.57. The molecule has 1 fully saturated rings. The molecule has 0 aliphatic heterocycles. The Kier molecular flexibility index (Phi) is 5.25. The zero-order valence-electron chi connectivity index (χ0n) is 10.7. The molecule has 0 heterocycles. The molecule has 0 bridgehead atoms. The summed E-state index contributed by atoms with van der Waals surface area (Å²) < 4.78 is 22.1. The molecule has 0 aromatic carbocycles. The van der Waals surface area contributed by atoms with Crippen LogP contribution < -0.4 is 5.32 Å². The average molecular weight is 247 g/mol. The molecule has 96 valence electrons. The van der Waals surface area contributed by atoms with Gasteiger partial charge in [-0.05, 0) is 44.1 Å². The first kappa shape index (κ1) is 14.0. The third kappa shape index (κ3) is 5.30. The summed E-state index contributed by atoms with van der Waals surface area (Å²) in [6.45, 7) is 5.49. The summed E-state index contributed by atoms with van der Waals surface area (Å²) >= 11 is 0. The maximum atomic E-state index is 11.1. The molecule has 1 saturated carbocycles. The molecule has 3 nitrogen and oxygen atoms in total. The molecule has 1 rings (SSSR count). The minimum Gasteiger partial charge on any atom is -0.314 e. The van der Waals surface area contributed by atoms with Gasteiger partial charge in [0.15, 0.2) is 0 Å². The van der Waals surface area contributed by atoms with Crippen molar-refractivity contribution in [3.63, 3.8) is 0 Å².